The van der Waals surface area contributed by atoms with Gasteiger partial charge in [-0.05, 0) is 24.7 Å². The van der Waals surface area contributed by atoms with Crippen molar-refractivity contribution in [2.24, 2.45) is 0 Å². The van der Waals surface area contributed by atoms with Gasteiger partial charge in [-0.1, -0.05) is 30.3 Å². The van der Waals surface area contributed by atoms with E-state index in [1.54, 1.807) is 0 Å². The minimum Gasteiger partial charge on any atom is -0.398 e. The van der Waals surface area contributed by atoms with Gasteiger partial charge in [0.05, 0.1) is 5.69 Å². The van der Waals surface area contributed by atoms with Crippen molar-refractivity contribution in [3.8, 4) is 0 Å². The van der Waals surface area contributed by atoms with Gasteiger partial charge in [0, 0.05) is 37.6 Å². The second-order valence-electron chi connectivity index (χ2n) is 5.43. The van der Waals surface area contributed by atoms with Crippen molar-refractivity contribution in [3.63, 3.8) is 0 Å². The van der Waals surface area contributed by atoms with Crippen LogP contribution < -0.4 is 5.73 Å². The summed E-state index contributed by atoms with van der Waals surface area (Å²) in [6.45, 7) is 1.94. The molecular weight excluding hydrogens is 260 g/mol. The number of hydrogen-bond acceptors (Lipinski definition) is 3. The molecule has 0 saturated heterocycles. The van der Waals surface area contributed by atoms with Crippen molar-refractivity contribution < 1.29 is 0 Å². The van der Waals surface area contributed by atoms with E-state index < -0.39 is 0 Å². The topological polar surface area (TPSA) is 46.6 Å². The Hall–Kier alpha value is -2.33. The number of pyridine rings is 1. The van der Waals surface area contributed by atoms with Crippen LogP contribution in [0.25, 0.3) is 5.65 Å². The van der Waals surface area contributed by atoms with Crippen molar-refractivity contribution in [2.45, 2.75) is 13.0 Å². The number of nitrogens with zero attached hydrogens (tertiary/aromatic N) is 3. The summed E-state index contributed by atoms with van der Waals surface area (Å²) in [6.07, 6.45) is 4.90. The largest absolute Gasteiger partial charge is 0.398 e. The highest BCUT2D eigenvalue weighted by Crippen LogP contribution is 2.10. The lowest BCUT2D eigenvalue weighted by Crippen LogP contribution is -2.20. The number of rotatable bonds is 5. The first-order valence-electron chi connectivity index (χ1n) is 7.16. The first kappa shape index (κ1) is 13.6. The second kappa shape index (κ2) is 5.97. The van der Waals surface area contributed by atoms with Gasteiger partial charge in [-0.25, -0.2) is 4.98 Å². The van der Waals surface area contributed by atoms with Gasteiger partial charge < -0.3 is 15.0 Å². The summed E-state index contributed by atoms with van der Waals surface area (Å²) in [5.41, 5.74) is 9.92. The van der Waals surface area contributed by atoms with Crippen molar-refractivity contribution in [2.75, 3.05) is 19.3 Å². The Morgan fingerprint density at radius 2 is 1.90 bits per heavy atom. The summed E-state index contributed by atoms with van der Waals surface area (Å²) in [4.78, 5) is 6.93. The molecule has 2 N–H and O–H groups in total. The fraction of sp³-hybridized carbons (Fsp3) is 0.235. The van der Waals surface area contributed by atoms with Gasteiger partial charge in [-0.3, -0.25) is 0 Å². The molecule has 2 aromatic heterocycles. The number of imidazole rings is 1. The lowest BCUT2D eigenvalue weighted by Gasteiger charge is -2.15. The molecule has 4 nitrogen and oxygen atoms in total. The zero-order valence-corrected chi connectivity index (χ0v) is 12.2. The molecule has 0 aliphatic rings. The molecule has 21 heavy (non-hydrogen) atoms. The number of aromatic nitrogens is 2. The standard InChI is InChI=1S/C17H20N4/c1-20(11-14-5-3-2-4-6-14)10-9-16-13-21-12-15(18)7-8-17(21)19-16/h2-8,12-13H,9-11,18H2,1H3. The predicted octanol–water partition coefficient (Wildman–Crippen LogP) is 2.59. The van der Waals surface area contributed by atoms with Gasteiger partial charge in [0.1, 0.15) is 5.65 Å². The minimum absolute atomic E-state index is 0.757. The van der Waals surface area contributed by atoms with Crippen LogP contribution in [0.2, 0.25) is 0 Å². The predicted molar refractivity (Wildman–Crippen MR) is 86.1 cm³/mol. The molecule has 0 radical (unpaired) electrons. The second-order valence-corrected chi connectivity index (χ2v) is 5.43. The van der Waals surface area contributed by atoms with Gasteiger partial charge in [0.2, 0.25) is 0 Å². The summed E-state index contributed by atoms with van der Waals surface area (Å²) in [6, 6.07) is 14.4. The number of fused-ring (bicyclic) bond motifs is 1. The first-order valence-corrected chi connectivity index (χ1v) is 7.16. The van der Waals surface area contributed by atoms with Gasteiger partial charge in [0.25, 0.3) is 0 Å². The highest BCUT2D eigenvalue weighted by Gasteiger charge is 2.05. The number of hydrogen-bond donors (Lipinski definition) is 1. The monoisotopic (exact) mass is 280 g/mol. The van der Waals surface area contributed by atoms with E-state index in [0.29, 0.717) is 0 Å². The van der Waals surface area contributed by atoms with Crippen LogP contribution in [0.15, 0.2) is 54.9 Å². The Labute approximate surface area is 124 Å². The van der Waals surface area contributed by atoms with Gasteiger partial charge in [-0.2, -0.15) is 0 Å². The highest BCUT2D eigenvalue weighted by atomic mass is 15.1. The van der Waals surface area contributed by atoms with E-state index in [0.717, 1.165) is 36.5 Å². The maximum Gasteiger partial charge on any atom is 0.137 e. The molecule has 4 heteroatoms. The van der Waals surface area contributed by atoms with E-state index in [-0.39, 0.29) is 0 Å². The third-order valence-electron chi connectivity index (χ3n) is 3.57. The van der Waals surface area contributed by atoms with E-state index in [4.69, 9.17) is 5.73 Å². The number of nitrogens with two attached hydrogens (primary N) is 1. The molecule has 108 valence electrons. The lowest BCUT2D eigenvalue weighted by molar-refractivity contribution is 0.330. The molecule has 0 aliphatic heterocycles. The average Bonchev–Trinajstić information content (AvgIpc) is 2.88. The molecule has 0 saturated carbocycles. The normalized spacial score (nSPS) is 11.3. The number of anilines is 1. The van der Waals surface area contributed by atoms with Crippen molar-refractivity contribution in [1.29, 1.82) is 0 Å². The van der Waals surface area contributed by atoms with Crippen LogP contribution in [0.5, 0.6) is 0 Å². The molecule has 3 rings (SSSR count). The van der Waals surface area contributed by atoms with Crippen LogP contribution in [-0.4, -0.2) is 27.9 Å². The average molecular weight is 280 g/mol. The molecule has 0 aliphatic carbocycles. The quantitative estimate of drug-likeness (QED) is 0.781. The summed E-state index contributed by atoms with van der Waals surface area (Å²) < 4.78 is 1.99. The fourth-order valence-corrected chi connectivity index (χ4v) is 2.46. The highest BCUT2D eigenvalue weighted by molar-refractivity contribution is 5.48. The molecule has 0 amide bonds. The van der Waals surface area contributed by atoms with E-state index in [9.17, 15) is 0 Å². The fourth-order valence-electron chi connectivity index (χ4n) is 2.46. The maximum atomic E-state index is 5.78. The number of benzene rings is 1. The zero-order valence-electron chi connectivity index (χ0n) is 12.2. The molecule has 0 bridgehead atoms. The Balaban J connectivity index is 1.60. The van der Waals surface area contributed by atoms with Crippen LogP contribution in [0.1, 0.15) is 11.3 Å². The van der Waals surface area contributed by atoms with Crippen LogP contribution in [0.4, 0.5) is 5.69 Å². The van der Waals surface area contributed by atoms with Gasteiger partial charge >= 0.3 is 0 Å². The third kappa shape index (κ3) is 3.41. The Morgan fingerprint density at radius 3 is 2.71 bits per heavy atom. The van der Waals surface area contributed by atoms with Crippen LogP contribution in [0.3, 0.4) is 0 Å². The van der Waals surface area contributed by atoms with Crippen LogP contribution >= 0.6 is 0 Å². The van der Waals surface area contributed by atoms with E-state index in [1.165, 1.54) is 5.56 Å². The third-order valence-corrected chi connectivity index (χ3v) is 3.57. The summed E-state index contributed by atoms with van der Waals surface area (Å²) >= 11 is 0. The van der Waals surface area contributed by atoms with Crippen LogP contribution in [-0.2, 0) is 13.0 Å². The Morgan fingerprint density at radius 1 is 1.10 bits per heavy atom. The molecule has 3 aromatic rings. The minimum atomic E-state index is 0.757. The van der Waals surface area contributed by atoms with E-state index >= 15 is 0 Å². The molecule has 0 fully saturated rings. The molecule has 0 spiro atoms. The van der Waals surface area contributed by atoms with Gasteiger partial charge in [-0.15, -0.1) is 0 Å². The summed E-state index contributed by atoms with van der Waals surface area (Å²) in [5, 5.41) is 0. The van der Waals surface area contributed by atoms with Crippen LogP contribution in [0, 0.1) is 0 Å². The molecule has 1 aromatic carbocycles. The maximum absolute atomic E-state index is 5.78. The molecule has 0 atom stereocenters. The van der Waals surface area contributed by atoms with E-state index in [2.05, 4.69) is 47.4 Å². The molecule has 0 unspecified atom stereocenters. The Kier molecular flexibility index (Phi) is 3.88. The number of nitrogen functional groups attached to an aromatic ring is 1. The van der Waals surface area contributed by atoms with Crippen molar-refractivity contribution in [3.05, 3.63) is 66.1 Å². The smallest absolute Gasteiger partial charge is 0.137 e. The van der Waals surface area contributed by atoms with E-state index in [1.807, 2.05) is 28.8 Å². The van der Waals surface area contributed by atoms with Gasteiger partial charge in [0.15, 0.2) is 0 Å². The Bertz CT molecular complexity index is 718. The molecular formula is C17H20N4. The summed E-state index contributed by atoms with van der Waals surface area (Å²) in [7, 11) is 2.14. The number of likely N-dealkylation sites (N-methyl/N-ethyl adjacent to an activating group) is 1. The summed E-state index contributed by atoms with van der Waals surface area (Å²) in [5.74, 6) is 0. The lowest BCUT2D eigenvalue weighted by atomic mass is 10.2. The van der Waals surface area contributed by atoms with Crippen molar-refractivity contribution >= 4 is 11.3 Å². The first-order chi connectivity index (χ1) is 10.2. The zero-order chi connectivity index (χ0) is 14.7. The SMILES string of the molecule is CN(CCc1cn2cc(N)ccc2n1)Cc1ccccc1. The van der Waals surface area contributed by atoms with Crippen molar-refractivity contribution in [1.82, 2.24) is 14.3 Å². The molecule has 2 heterocycles.